The Bertz CT molecular complexity index is 686. The van der Waals surface area contributed by atoms with Gasteiger partial charge in [0.25, 0.3) is 0 Å². The molecule has 1 saturated carbocycles. The highest BCUT2D eigenvalue weighted by molar-refractivity contribution is 5.89. The van der Waals surface area contributed by atoms with Gasteiger partial charge in [-0.1, -0.05) is 31.9 Å². The lowest BCUT2D eigenvalue weighted by molar-refractivity contribution is -0.121. The number of rotatable bonds is 3. The minimum Gasteiger partial charge on any atom is -0.464 e. The average Bonchev–Trinajstić information content (AvgIpc) is 2.89. The molecule has 0 unspecified atom stereocenters. The van der Waals surface area contributed by atoms with Crippen molar-refractivity contribution in [2.45, 2.75) is 58.9 Å². The average molecular weight is 299 g/mol. The maximum Gasteiger partial charge on any atom is 0.224 e. The van der Waals surface area contributed by atoms with E-state index in [1.807, 2.05) is 0 Å². The van der Waals surface area contributed by atoms with Gasteiger partial charge in [0.2, 0.25) is 5.91 Å². The van der Waals surface area contributed by atoms with Crippen LogP contribution in [0.1, 0.15) is 49.3 Å². The van der Waals surface area contributed by atoms with Crippen LogP contribution in [0.5, 0.6) is 0 Å². The predicted molar refractivity (Wildman–Crippen MR) is 89.0 cm³/mol. The molecule has 3 nitrogen and oxygen atoms in total. The first kappa shape index (κ1) is 15.1. The zero-order valence-corrected chi connectivity index (χ0v) is 13.7. The second-order valence-electron chi connectivity index (χ2n) is 6.76. The number of carbonyl (C=O) groups excluding carboxylic acids is 1. The van der Waals surface area contributed by atoms with Gasteiger partial charge in [0.15, 0.2) is 0 Å². The minimum atomic E-state index is 0.111. The minimum absolute atomic E-state index is 0.111. The summed E-state index contributed by atoms with van der Waals surface area (Å²) >= 11 is 0. The van der Waals surface area contributed by atoms with E-state index in [2.05, 4.69) is 38.2 Å². The Morgan fingerprint density at radius 2 is 2.05 bits per heavy atom. The van der Waals surface area contributed by atoms with E-state index in [0.717, 1.165) is 28.5 Å². The molecule has 2 aromatic rings. The molecule has 1 aliphatic rings. The fourth-order valence-corrected chi connectivity index (χ4v) is 3.49. The van der Waals surface area contributed by atoms with E-state index in [1.165, 1.54) is 24.8 Å². The van der Waals surface area contributed by atoms with Gasteiger partial charge >= 0.3 is 0 Å². The number of amides is 1. The molecular formula is C19H25NO2. The van der Waals surface area contributed by atoms with Gasteiger partial charge in [0.1, 0.15) is 5.58 Å². The molecule has 1 N–H and O–H groups in total. The van der Waals surface area contributed by atoms with Crippen LogP contribution in [0.2, 0.25) is 0 Å². The molecule has 1 aromatic heterocycles. The van der Waals surface area contributed by atoms with Gasteiger partial charge in [-0.3, -0.25) is 4.79 Å². The van der Waals surface area contributed by atoms with Crippen LogP contribution < -0.4 is 5.32 Å². The molecule has 3 rings (SSSR count). The third kappa shape index (κ3) is 2.90. The number of benzene rings is 1. The SMILES string of the molecule is Cc1ccc2c(CC(=O)N[C@@H]3CCCC[C@H]3C)coc2c1C. The zero-order chi connectivity index (χ0) is 15.7. The van der Waals surface area contributed by atoms with E-state index in [0.29, 0.717) is 18.4 Å². The van der Waals surface area contributed by atoms with Crippen LogP contribution >= 0.6 is 0 Å². The van der Waals surface area contributed by atoms with Crippen LogP contribution in [0.25, 0.3) is 11.0 Å². The van der Waals surface area contributed by atoms with Crippen molar-refractivity contribution in [1.82, 2.24) is 5.32 Å². The van der Waals surface area contributed by atoms with Crippen LogP contribution in [0.4, 0.5) is 0 Å². The monoisotopic (exact) mass is 299 g/mol. The predicted octanol–water partition coefficient (Wildman–Crippen LogP) is 4.29. The molecule has 22 heavy (non-hydrogen) atoms. The van der Waals surface area contributed by atoms with Crippen LogP contribution in [-0.4, -0.2) is 11.9 Å². The number of carbonyl (C=O) groups is 1. The Morgan fingerprint density at radius 1 is 1.27 bits per heavy atom. The van der Waals surface area contributed by atoms with E-state index in [4.69, 9.17) is 4.42 Å². The summed E-state index contributed by atoms with van der Waals surface area (Å²) in [5, 5.41) is 4.28. The molecule has 0 spiro atoms. The first-order valence-corrected chi connectivity index (χ1v) is 8.32. The highest BCUT2D eigenvalue weighted by atomic mass is 16.3. The molecule has 118 valence electrons. The summed E-state index contributed by atoms with van der Waals surface area (Å²) in [4.78, 5) is 12.4. The Kier molecular flexibility index (Phi) is 4.23. The summed E-state index contributed by atoms with van der Waals surface area (Å²) in [6.45, 7) is 6.38. The van der Waals surface area contributed by atoms with Gasteiger partial charge in [-0.15, -0.1) is 0 Å². The summed E-state index contributed by atoms with van der Waals surface area (Å²) in [6, 6.07) is 4.49. The van der Waals surface area contributed by atoms with Crippen molar-refractivity contribution >= 4 is 16.9 Å². The molecule has 2 atom stereocenters. The number of fused-ring (bicyclic) bond motifs is 1. The Labute approximate surface area is 132 Å². The van der Waals surface area contributed by atoms with Crippen molar-refractivity contribution in [3.8, 4) is 0 Å². The Morgan fingerprint density at radius 3 is 2.82 bits per heavy atom. The zero-order valence-electron chi connectivity index (χ0n) is 13.7. The van der Waals surface area contributed by atoms with E-state index < -0.39 is 0 Å². The van der Waals surface area contributed by atoms with Crippen LogP contribution in [-0.2, 0) is 11.2 Å². The number of nitrogens with one attached hydrogen (secondary N) is 1. The molecule has 1 aromatic carbocycles. The number of furan rings is 1. The first-order valence-electron chi connectivity index (χ1n) is 8.32. The Hall–Kier alpha value is -1.77. The molecule has 0 saturated heterocycles. The summed E-state index contributed by atoms with van der Waals surface area (Å²) in [5.41, 5.74) is 4.27. The molecule has 1 fully saturated rings. The third-order valence-electron chi connectivity index (χ3n) is 5.15. The fraction of sp³-hybridized carbons (Fsp3) is 0.526. The highest BCUT2D eigenvalue weighted by Gasteiger charge is 2.23. The van der Waals surface area contributed by atoms with Crippen molar-refractivity contribution in [2.24, 2.45) is 5.92 Å². The van der Waals surface area contributed by atoms with Crippen molar-refractivity contribution < 1.29 is 9.21 Å². The smallest absolute Gasteiger partial charge is 0.224 e. The van der Waals surface area contributed by atoms with E-state index in [9.17, 15) is 4.79 Å². The van der Waals surface area contributed by atoms with Gasteiger partial charge in [-0.25, -0.2) is 0 Å². The lowest BCUT2D eigenvalue weighted by atomic mass is 9.86. The lowest BCUT2D eigenvalue weighted by Crippen LogP contribution is -2.41. The van der Waals surface area contributed by atoms with Crippen molar-refractivity contribution in [3.05, 3.63) is 35.1 Å². The van der Waals surface area contributed by atoms with Gasteiger partial charge in [-0.2, -0.15) is 0 Å². The molecule has 1 aliphatic carbocycles. The molecule has 0 radical (unpaired) electrons. The lowest BCUT2D eigenvalue weighted by Gasteiger charge is -2.29. The number of aryl methyl sites for hydroxylation is 2. The van der Waals surface area contributed by atoms with Crippen molar-refractivity contribution in [3.63, 3.8) is 0 Å². The number of hydrogen-bond acceptors (Lipinski definition) is 2. The normalized spacial score (nSPS) is 22.0. The van der Waals surface area contributed by atoms with E-state index in [1.54, 1.807) is 6.26 Å². The second kappa shape index (κ2) is 6.15. The maximum atomic E-state index is 12.4. The van der Waals surface area contributed by atoms with Gasteiger partial charge in [-0.05, 0) is 43.7 Å². The van der Waals surface area contributed by atoms with Crippen LogP contribution in [0, 0.1) is 19.8 Å². The largest absolute Gasteiger partial charge is 0.464 e. The van der Waals surface area contributed by atoms with Gasteiger partial charge in [0.05, 0.1) is 12.7 Å². The van der Waals surface area contributed by atoms with Crippen LogP contribution in [0.15, 0.2) is 22.8 Å². The van der Waals surface area contributed by atoms with Crippen molar-refractivity contribution in [1.29, 1.82) is 0 Å². The molecule has 3 heteroatoms. The van der Waals surface area contributed by atoms with Crippen LogP contribution in [0.3, 0.4) is 0 Å². The Balaban J connectivity index is 1.73. The summed E-state index contributed by atoms with van der Waals surface area (Å²) in [5.74, 6) is 0.698. The van der Waals surface area contributed by atoms with Gasteiger partial charge < -0.3 is 9.73 Å². The summed E-state index contributed by atoms with van der Waals surface area (Å²) < 4.78 is 5.69. The molecule has 1 heterocycles. The summed E-state index contributed by atoms with van der Waals surface area (Å²) in [6.07, 6.45) is 6.98. The topological polar surface area (TPSA) is 42.2 Å². The van der Waals surface area contributed by atoms with Gasteiger partial charge in [0, 0.05) is 17.0 Å². The quantitative estimate of drug-likeness (QED) is 0.918. The molecular weight excluding hydrogens is 274 g/mol. The standard InChI is InChI=1S/C19H25NO2/c1-12-8-9-16-15(11-22-19(16)14(12)3)10-18(21)20-17-7-5-4-6-13(17)2/h8-9,11,13,17H,4-7,10H2,1-3H3,(H,20,21)/t13-,17-/m1/s1. The molecule has 0 aliphatic heterocycles. The number of hydrogen-bond donors (Lipinski definition) is 1. The van der Waals surface area contributed by atoms with Crippen molar-refractivity contribution in [2.75, 3.05) is 0 Å². The van der Waals surface area contributed by atoms with E-state index >= 15 is 0 Å². The fourth-order valence-electron chi connectivity index (χ4n) is 3.49. The maximum absolute atomic E-state index is 12.4. The summed E-state index contributed by atoms with van der Waals surface area (Å²) in [7, 11) is 0. The van der Waals surface area contributed by atoms with E-state index in [-0.39, 0.29) is 5.91 Å². The second-order valence-corrected chi connectivity index (χ2v) is 6.76. The first-order chi connectivity index (χ1) is 10.6. The highest BCUT2D eigenvalue weighted by Crippen LogP contribution is 2.27. The molecule has 1 amide bonds. The third-order valence-corrected chi connectivity index (χ3v) is 5.15. The molecule has 0 bridgehead atoms.